The summed E-state index contributed by atoms with van der Waals surface area (Å²) in [4.78, 5) is 14.7. The molecule has 0 spiro atoms. The van der Waals surface area contributed by atoms with Gasteiger partial charge in [0.2, 0.25) is 5.91 Å². The smallest absolute Gasteiger partial charge is 0.241 e. The van der Waals surface area contributed by atoms with Crippen molar-refractivity contribution in [3.8, 4) is 0 Å². The van der Waals surface area contributed by atoms with Crippen LogP contribution in [-0.4, -0.2) is 51.5 Å². The van der Waals surface area contributed by atoms with Crippen molar-refractivity contribution in [2.75, 3.05) is 19.6 Å². The maximum Gasteiger partial charge on any atom is 0.241 e. The average molecular weight is 299 g/mol. The summed E-state index contributed by atoms with van der Waals surface area (Å²) in [7, 11) is 0. The zero-order valence-corrected chi connectivity index (χ0v) is 12.6. The first-order chi connectivity index (χ1) is 10.8. The van der Waals surface area contributed by atoms with Gasteiger partial charge in [-0.1, -0.05) is 17.3 Å². The predicted molar refractivity (Wildman–Crippen MR) is 83.2 cm³/mol. The molecule has 22 heavy (non-hydrogen) atoms. The number of carbonyl (C=O) groups excluding carboxylic acids is 1. The van der Waals surface area contributed by atoms with Crippen molar-refractivity contribution < 1.29 is 4.79 Å². The predicted octanol–water partition coefficient (Wildman–Crippen LogP) is 1.03. The van der Waals surface area contributed by atoms with Gasteiger partial charge in [0.25, 0.3) is 0 Å². The Morgan fingerprint density at radius 1 is 1.27 bits per heavy atom. The van der Waals surface area contributed by atoms with E-state index in [9.17, 15) is 4.79 Å². The molecule has 6 heteroatoms. The molecule has 6 nitrogen and oxygen atoms in total. The summed E-state index contributed by atoms with van der Waals surface area (Å²) in [6, 6.07) is 8.54. The van der Waals surface area contributed by atoms with E-state index >= 15 is 0 Å². The minimum Gasteiger partial charge on any atom is -0.354 e. The summed E-state index contributed by atoms with van der Waals surface area (Å²) >= 11 is 0. The third kappa shape index (κ3) is 2.83. The second-order valence-electron chi connectivity index (χ2n) is 6.42. The number of benzene rings is 1. The molecule has 1 unspecified atom stereocenters. The Morgan fingerprint density at radius 2 is 2.14 bits per heavy atom. The molecule has 1 aromatic carbocycles. The summed E-state index contributed by atoms with van der Waals surface area (Å²) in [5.74, 6) is 0.609. The van der Waals surface area contributed by atoms with Gasteiger partial charge >= 0.3 is 0 Å². The third-order valence-electron chi connectivity index (χ3n) is 4.68. The van der Waals surface area contributed by atoms with Crippen molar-refractivity contribution in [2.24, 2.45) is 5.92 Å². The molecule has 1 atom stereocenters. The Bertz CT molecular complexity index is 678. The molecule has 0 bridgehead atoms. The number of nitrogens with one attached hydrogen (secondary N) is 1. The molecule has 1 saturated heterocycles. The van der Waals surface area contributed by atoms with Crippen LogP contribution in [0.2, 0.25) is 0 Å². The molecule has 2 aliphatic rings. The van der Waals surface area contributed by atoms with E-state index in [0.717, 1.165) is 30.2 Å². The molecule has 4 rings (SSSR count). The van der Waals surface area contributed by atoms with E-state index in [1.165, 1.54) is 25.8 Å². The quantitative estimate of drug-likeness (QED) is 0.896. The van der Waals surface area contributed by atoms with Crippen LogP contribution in [0.25, 0.3) is 11.0 Å². The lowest BCUT2D eigenvalue weighted by atomic mass is 10.1. The second kappa shape index (κ2) is 5.68. The highest BCUT2D eigenvalue weighted by Gasteiger charge is 2.34. The van der Waals surface area contributed by atoms with E-state index in [0.29, 0.717) is 5.92 Å². The topological polar surface area (TPSA) is 63.1 Å². The molecule has 2 fully saturated rings. The van der Waals surface area contributed by atoms with Gasteiger partial charge in [0.15, 0.2) is 0 Å². The van der Waals surface area contributed by atoms with Gasteiger partial charge in [-0.3, -0.25) is 4.79 Å². The number of nitrogens with zero attached hydrogens (tertiary/aromatic N) is 4. The van der Waals surface area contributed by atoms with Crippen LogP contribution in [0.4, 0.5) is 0 Å². The highest BCUT2D eigenvalue weighted by Crippen LogP contribution is 2.31. The third-order valence-corrected chi connectivity index (χ3v) is 4.68. The first-order valence-electron chi connectivity index (χ1n) is 8.08. The zero-order valence-electron chi connectivity index (χ0n) is 12.6. The Hall–Kier alpha value is -1.95. The van der Waals surface area contributed by atoms with Crippen molar-refractivity contribution in [2.45, 2.75) is 31.8 Å². The Labute approximate surface area is 129 Å². The Morgan fingerprint density at radius 3 is 3.00 bits per heavy atom. The molecule has 1 amide bonds. The van der Waals surface area contributed by atoms with E-state index < -0.39 is 0 Å². The average Bonchev–Trinajstić information content (AvgIpc) is 3.15. The van der Waals surface area contributed by atoms with Gasteiger partial charge < -0.3 is 10.2 Å². The van der Waals surface area contributed by atoms with Crippen LogP contribution >= 0.6 is 0 Å². The molecular weight excluding hydrogens is 278 g/mol. The van der Waals surface area contributed by atoms with Gasteiger partial charge in [-0.25, -0.2) is 4.68 Å². The van der Waals surface area contributed by atoms with Crippen molar-refractivity contribution in [1.82, 2.24) is 25.2 Å². The molecule has 1 N–H and O–H groups in total. The van der Waals surface area contributed by atoms with Crippen LogP contribution in [-0.2, 0) is 11.3 Å². The lowest BCUT2D eigenvalue weighted by Crippen LogP contribution is -2.33. The lowest BCUT2D eigenvalue weighted by Gasteiger charge is -2.15. The van der Waals surface area contributed by atoms with E-state index in [1.807, 2.05) is 24.3 Å². The van der Waals surface area contributed by atoms with E-state index in [2.05, 4.69) is 20.5 Å². The van der Waals surface area contributed by atoms with E-state index in [4.69, 9.17) is 0 Å². The number of likely N-dealkylation sites (tertiary alicyclic amines) is 1. The molecule has 2 heterocycles. The Kier molecular flexibility index (Phi) is 3.54. The number of fused-ring (bicyclic) bond motifs is 1. The van der Waals surface area contributed by atoms with E-state index in [-0.39, 0.29) is 12.5 Å². The standard InChI is InChI=1S/C16H21N5O/c22-16(11-21-15-4-2-1-3-14(15)18-19-21)17-9-12-7-8-20(10-12)13-5-6-13/h1-4,12-13H,5-11H2,(H,17,22). The summed E-state index contributed by atoms with van der Waals surface area (Å²) in [5, 5.41) is 11.2. The molecule has 1 aromatic heterocycles. The molecule has 1 aliphatic heterocycles. The van der Waals surface area contributed by atoms with Gasteiger partial charge in [0.1, 0.15) is 12.1 Å². The molecule has 1 saturated carbocycles. The number of hydrogen-bond donors (Lipinski definition) is 1. The molecular formula is C16H21N5O. The van der Waals surface area contributed by atoms with Gasteiger partial charge in [0.05, 0.1) is 5.52 Å². The van der Waals surface area contributed by atoms with E-state index in [1.54, 1.807) is 4.68 Å². The number of carbonyl (C=O) groups is 1. The molecule has 2 aromatic rings. The van der Waals surface area contributed by atoms with Crippen molar-refractivity contribution in [3.05, 3.63) is 24.3 Å². The van der Waals surface area contributed by atoms with Gasteiger partial charge in [0, 0.05) is 19.1 Å². The maximum absolute atomic E-state index is 12.1. The number of hydrogen-bond acceptors (Lipinski definition) is 4. The minimum absolute atomic E-state index is 0.0144. The van der Waals surface area contributed by atoms with Crippen molar-refractivity contribution in [3.63, 3.8) is 0 Å². The highest BCUT2D eigenvalue weighted by atomic mass is 16.2. The van der Waals surface area contributed by atoms with Crippen molar-refractivity contribution >= 4 is 16.9 Å². The van der Waals surface area contributed by atoms with Gasteiger partial charge in [-0.15, -0.1) is 5.10 Å². The number of amides is 1. The SMILES string of the molecule is O=C(Cn1nnc2ccccc21)NCC1CCN(C2CC2)C1. The fraction of sp³-hybridized carbons (Fsp3) is 0.562. The summed E-state index contributed by atoms with van der Waals surface area (Å²) in [5.41, 5.74) is 1.73. The van der Waals surface area contributed by atoms with Crippen LogP contribution in [0.1, 0.15) is 19.3 Å². The number of aromatic nitrogens is 3. The summed E-state index contributed by atoms with van der Waals surface area (Å²) in [6.45, 7) is 3.34. The fourth-order valence-electron chi connectivity index (χ4n) is 3.28. The highest BCUT2D eigenvalue weighted by molar-refractivity contribution is 5.79. The summed E-state index contributed by atoms with van der Waals surface area (Å²) < 4.78 is 1.66. The first kappa shape index (κ1) is 13.7. The number of rotatable bonds is 5. The van der Waals surface area contributed by atoms with Gasteiger partial charge in [-0.2, -0.15) is 0 Å². The molecule has 116 valence electrons. The first-order valence-corrected chi connectivity index (χ1v) is 8.08. The largest absolute Gasteiger partial charge is 0.354 e. The van der Waals surface area contributed by atoms with Gasteiger partial charge in [-0.05, 0) is 43.9 Å². The monoisotopic (exact) mass is 299 g/mol. The maximum atomic E-state index is 12.1. The van der Waals surface area contributed by atoms with Crippen LogP contribution in [0.5, 0.6) is 0 Å². The number of para-hydroxylation sites is 1. The second-order valence-corrected chi connectivity index (χ2v) is 6.42. The Balaban J connectivity index is 1.29. The summed E-state index contributed by atoms with van der Waals surface area (Å²) in [6.07, 6.45) is 3.92. The lowest BCUT2D eigenvalue weighted by molar-refractivity contribution is -0.121. The fourth-order valence-corrected chi connectivity index (χ4v) is 3.28. The van der Waals surface area contributed by atoms with Crippen molar-refractivity contribution in [1.29, 1.82) is 0 Å². The molecule has 0 radical (unpaired) electrons. The minimum atomic E-state index is 0.0144. The van der Waals surface area contributed by atoms with Crippen LogP contribution < -0.4 is 5.32 Å². The molecule has 1 aliphatic carbocycles. The van der Waals surface area contributed by atoms with Crippen LogP contribution in [0.3, 0.4) is 0 Å². The van der Waals surface area contributed by atoms with Crippen LogP contribution in [0, 0.1) is 5.92 Å². The normalized spacial score (nSPS) is 22.3. The van der Waals surface area contributed by atoms with Crippen LogP contribution in [0.15, 0.2) is 24.3 Å². The zero-order chi connectivity index (χ0) is 14.9.